The second kappa shape index (κ2) is 3.67. The average molecular weight is 210 g/mol. The molecule has 1 aliphatic heterocycles. The summed E-state index contributed by atoms with van der Waals surface area (Å²) in [5.41, 5.74) is 3.25. The third-order valence-corrected chi connectivity index (χ3v) is 2.11. The highest BCUT2D eigenvalue weighted by atomic mass is 35.5. The van der Waals surface area contributed by atoms with E-state index in [1.54, 1.807) is 23.4 Å². The van der Waals surface area contributed by atoms with E-state index in [4.69, 9.17) is 11.6 Å². The largest absolute Gasteiger partial charge is 0.321 e. The van der Waals surface area contributed by atoms with Crippen molar-refractivity contribution in [2.75, 3.05) is 11.4 Å². The molecule has 0 saturated heterocycles. The molecule has 0 saturated carbocycles. The molecule has 2 rings (SSSR count). The first kappa shape index (κ1) is 9.02. The van der Waals surface area contributed by atoms with Gasteiger partial charge in [0.15, 0.2) is 0 Å². The van der Waals surface area contributed by atoms with Crippen LogP contribution in [0.1, 0.15) is 0 Å². The average Bonchev–Trinajstić information content (AvgIpc) is 2.19. The van der Waals surface area contributed by atoms with Gasteiger partial charge in [0.2, 0.25) is 0 Å². The summed E-state index contributed by atoms with van der Waals surface area (Å²) in [6, 6.07) is 7.23. The number of carbonyl (C=O) groups excluding carboxylic acids is 1. The van der Waals surface area contributed by atoms with Gasteiger partial charge in [-0.05, 0) is 24.3 Å². The molecule has 0 spiro atoms. The van der Waals surface area contributed by atoms with E-state index in [-0.39, 0.29) is 12.5 Å². The first-order valence-electron chi connectivity index (χ1n) is 4.10. The first-order valence-corrected chi connectivity index (χ1v) is 4.48. The summed E-state index contributed by atoms with van der Waals surface area (Å²) in [6.07, 6.45) is 1.57. The number of hydrogen-bond donors (Lipinski definition) is 1. The van der Waals surface area contributed by atoms with Crippen LogP contribution in [0.4, 0.5) is 5.69 Å². The molecule has 1 aromatic carbocycles. The molecule has 4 nitrogen and oxygen atoms in total. The van der Waals surface area contributed by atoms with E-state index in [9.17, 15) is 4.79 Å². The van der Waals surface area contributed by atoms with Crippen molar-refractivity contribution in [3.63, 3.8) is 0 Å². The van der Waals surface area contributed by atoms with Crippen LogP contribution < -0.4 is 10.3 Å². The van der Waals surface area contributed by atoms with Crippen LogP contribution in [-0.2, 0) is 4.79 Å². The Morgan fingerprint density at radius 1 is 1.36 bits per heavy atom. The van der Waals surface area contributed by atoms with Gasteiger partial charge < -0.3 is 4.90 Å². The molecule has 1 amide bonds. The number of anilines is 1. The van der Waals surface area contributed by atoms with Crippen LogP contribution >= 0.6 is 11.6 Å². The third-order valence-electron chi connectivity index (χ3n) is 1.86. The zero-order valence-electron chi connectivity index (χ0n) is 7.27. The molecule has 1 aromatic rings. The number of hydrogen-bond acceptors (Lipinski definition) is 3. The second-order valence-corrected chi connectivity index (χ2v) is 3.32. The topological polar surface area (TPSA) is 44.7 Å². The quantitative estimate of drug-likeness (QED) is 0.756. The molecule has 0 aliphatic carbocycles. The predicted molar refractivity (Wildman–Crippen MR) is 55.4 cm³/mol. The highest BCUT2D eigenvalue weighted by molar-refractivity contribution is 6.30. The Morgan fingerprint density at radius 2 is 2.07 bits per heavy atom. The minimum atomic E-state index is -0.123. The number of rotatable bonds is 1. The Labute approximate surface area is 86.2 Å². The molecule has 0 fully saturated rings. The lowest BCUT2D eigenvalue weighted by Crippen LogP contribution is -2.39. The number of nitrogens with zero attached hydrogens (tertiary/aromatic N) is 2. The van der Waals surface area contributed by atoms with Gasteiger partial charge in [-0.1, -0.05) is 11.6 Å². The van der Waals surface area contributed by atoms with E-state index in [1.165, 1.54) is 0 Å². The molecule has 5 heteroatoms. The highest BCUT2D eigenvalue weighted by Crippen LogP contribution is 2.17. The molecule has 0 aromatic heterocycles. The fourth-order valence-corrected chi connectivity index (χ4v) is 1.32. The molecule has 0 bridgehead atoms. The lowest BCUT2D eigenvalue weighted by Gasteiger charge is -2.21. The summed E-state index contributed by atoms with van der Waals surface area (Å²) in [5, 5.41) is 4.38. The molecular weight excluding hydrogens is 202 g/mol. The Hall–Kier alpha value is -1.55. The lowest BCUT2D eigenvalue weighted by atomic mass is 10.3. The standard InChI is InChI=1S/C9H8ClN3O/c10-7-1-3-8(4-2-7)13-5-9(14)12-11-6-13/h1-4,6H,5H2,(H,12,14). The Morgan fingerprint density at radius 3 is 2.71 bits per heavy atom. The second-order valence-electron chi connectivity index (χ2n) is 2.88. The zero-order chi connectivity index (χ0) is 9.97. The van der Waals surface area contributed by atoms with Crippen LogP contribution in [0.5, 0.6) is 0 Å². The van der Waals surface area contributed by atoms with Gasteiger partial charge in [-0.15, -0.1) is 0 Å². The Kier molecular flexibility index (Phi) is 2.37. The Bertz CT molecular complexity index is 374. The van der Waals surface area contributed by atoms with E-state index in [0.29, 0.717) is 5.02 Å². The monoisotopic (exact) mass is 209 g/mol. The summed E-state index contributed by atoms with van der Waals surface area (Å²) in [6.45, 7) is 0.283. The zero-order valence-corrected chi connectivity index (χ0v) is 8.03. The normalized spacial score (nSPS) is 15.5. The number of amides is 1. The van der Waals surface area contributed by atoms with Crippen molar-refractivity contribution in [2.24, 2.45) is 5.10 Å². The fraction of sp³-hybridized carbons (Fsp3) is 0.111. The van der Waals surface area contributed by atoms with E-state index >= 15 is 0 Å². The minimum absolute atomic E-state index is 0.123. The number of benzene rings is 1. The van der Waals surface area contributed by atoms with E-state index in [2.05, 4.69) is 10.5 Å². The number of halogens is 1. The molecule has 1 heterocycles. The summed E-state index contributed by atoms with van der Waals surface area (Å²) in [5.74, 6) is -0.123. The van der Waals surface area contributed by atoms with Crippen LogP contribution in [0.3, 0.4) is 0 Å². The van der Waals surface area contributed by atoms with Crippen molar-refractivity contribution in [2.45, 2.75) is 0 Å². The lowest BCUT2D eigenvalue weighted by molar-refractivity contribution is -0.119. The highest BCUT2D eigenvalue weighted by Gasteiger charge is 2.12. The summed E-state index contributed by atoms with van der Waals surface area (Å²) in [4.78, 5) is 12.8. The first-order chi connectivity index (χ1) is 6.75. The molecule has 0 atom stereocenters. The summed E-state index contributed by atoms with van der Waals surface area (Å²) < 4.78 is 0. The maximum atomic E-state index is 11.0. The molecule has 72 valence electrons. The van der Waals surface area contributed by atoms with Crippen molar-refractivity contribution in [1.29, 1.82) is 0 Å². The number of nitrogens with one attached hydrogen (secondary N) is 1. The van der Waals surface area contributed by atoms with Crippen LogP contribution in [0.2, 0.25) is 5.02 Å². The van der Waals surface area contributed by atoms with Gasteiger partial charge in [-0.3, -0.25) is 4.79 Å². The molecule has 0 unspecified atom stereocenters. The number of carbonyl (C=O) groups is 1. The van der Waals surface area contributed by atoms with Gasteiger partial charge in [0, 0.05) is 10.7 Å². The SMILES string of the molecule is O=C1CN(c2ccc(Cl)cc2)C=NN1. The summed E-state index contributed by atoms with van der Waals surface area (Å²) in [7, 11) is 0. The fourth-order valence-electron chi connectivity index (χ4n) is 1.19. The van der Waals surface area contributed by atoms with Gasteiger partial charge in [-0.25, -0.2) is 5.43 Å². The van der Waals surface area contributed by atoms with Gasteiger partial charge in [-0.2, -0.15) is 5.10 Å². The van der Waals surface area contributed by atoms with Crippen LogP contribution in [0, 0.1) is 0 Å². The molecule has 1 N–H and O–H groups in total. The molecule has 0 radical (unpaired) electrons. The maximum absolute atomic E-state index is 11.0. The molecule has 1 aliphatic rings. The van der Waals surface area contributed by atoms with Crippen molar-refractivity contribution in [3.8, 4) is 0 Å². The van der Waals surface area contributed by atoms with E-state index in [1.807, 2.05) is 12.1 Å². The number of hydrazone groups is 1. The third kappa shape index (κ3) is 1.85. The van der Waals surface area contributed by atoms with Crippen LogP contribution in [0.25, 0.3) is 0 Å². The van der Waals surface area contributed by atoms with Crippen molar-refractivity contribution >= 4 is 29.5 Å². The van der Waals surface area contributed by atoms with Gasteiger partial charge in [0.25, 0.3) is 5.91 Å². The molecule has 14 heavy (non-hydrogen) atoms. The van der Waals surface area contributed by atoms with Crippen molar-refractivity contribution in [1.82, 2.24) is 5.43 Å². The van der Waals surface area contributed by atoms with Crippen molar-refractivity contribution in [3.05, 3.63) is 29.3 Å². The van der Waals surface area contributed by atoms with Gasteiger partial charge >= 0.3 is 0 Å². The van der Waals surface area contributed by atoms with Crippen LogP contribution in [0.15, 0.2) is 29.4 Å². The summed E-state index contributed by atoms with van der Waals surface area (Å²) >= 11 is 5.75. The molecular formula is C9H8ClN3O. The Balaban J connectivity index is 2.22. The maximum Gasteiger partial charge on any atom is 0.260 e. The van der Waals surface area contributed by atoms with Crippen LogP contribution in [-0.4, -0.2) is 18.8 Å². The minimum Gasteiger partial charge on any atom is -0.321 e. The predicted octanol–water partition coefficient (Wildman–Crippen LogP) is 1.22. The van der Waals surface area contributed by atoms with Gasteiger partial charge in [0.05, 0.1) is 0 Å². The van der Waals surface area contributed by atoms with Crippen molar-refractivity contribution < 1.29 is 4.79 Å². The van der Waals surface area contributed by atoms with Gasteiger partial charge in [0.1, 0.15) is 12.9 Å². The van der Waals surface area contributed by atoms with E-state index < -0.39 is 0 Å². The van der Waals surface area contributed by atoms with E-state index in [0.717, 1.165) is 5.69 Å². The smallest absolute Gasteiger partial charge is 0.260 e.